The van der Waals surface area contributed by atoms with Crippen LogP contribution in [0.25, 0.3) is 32.6 Å². The summed E-state index contributed by atoms with van der Waals surface area (Å²) in [6.07, 6.45) is 1.18. The predicted octanol–water partition coefficient (Wildman–Crippen LogP) is 6.28. The van der Waals surface area contributed by atoms with Gasteiger partial charge in [-0.05, 0) is 54.1 Å². The smallest absolute Gasteiger partial charge is 0.175 e. The van der Waals surface area contributed by atoms with Crippen molar-refractivity contribution in [2.45, 2.75) is 18.1 Å². The number of hydrogen-bond donors (Lipinski definition) is 0. The molecule has 0 amide bonds. The quantitative estimate of drug-likeness (QED) is 0.261. The minimum Gasteiger partial charge on any atom is -0.368 e. The summed E-state index contributed by atoms with van der Waals surface area (Å²) < 4.78 is 43.1. The van der Waals surface area contributed by atoms with Gasteiger partial charge in [-0.1, -0.05) is 36.4 Å². The molecule has 5 nitrogen and oxygen atoms in total. The van der Waals surface area contributed by atoms with Crippen LogP contribution in [-0.2, 0) is 27.8 Å². The zero-order valence-electron chi connectivity index (χ0n) is 18.8. The van der Waals surface area contributed by atoms with Crippen LogP contribution < -0.4 is 0 Å². The highest BCUT2D eigenvalue weighted by molar-refractivity contribution is 7.90. The fourth-order valence-electron chi connectivity index (χ4n) is 3.71. The van der Waals surface area contributed by atoms with Gasteiger partial charge in [-0.2, -0.15) is 0 Å². The van der Waals surface area contributed by atoms with Crippen molar-refractivity contribution in [1.29, 1.82) is 0 Å². The Bertz CT molecular complexity index is 1600. The van der Waals surface area contributed by atoms with Crippen molar-refractivity contribution < 1.29 is 17.5 Å². The minimum atomic E-state index is -3.30. The number of thiazole rings is 1. The summed E-state index contributed by atoms with van der Waals surface area (Å²) in [6, 6.07) is 24.7. The van der Waals surface area contributed by atoms with Crippen LogP contribution in [0.4, 0.5) is 4.39 Å². The monoisotopic (exact) mass is 504 g/mol. The maximum atomic E-state index is 13.5. The fraction of sp³-hybridized carbons (Fsp3) is 0.111. The lowest BCUT2D eigenvalue weighted by molar-refractivity contribution is 0.104. The molecule has 2 heterocycles. The molecule has 0 unspecified atom stereocenters. The van der Waals surface area contributed by atoms with E-state index in [2.05, 4.69) is 4.98 Å². The number of para-hydroxylation sites is 1. The average Bonchev–Trinajstić information content (AvgIpc) is 3.28. The molecule has 2 aromatic heterocycles. The predicted molar refractivity (Wildman–Crippen MR) is 136 cm³/mol. The Labute approximate surface area is 206 Å². The van der Waals surface area contributed by atoms with E-state index in [4.69, 9.17) is 9.72 Å². The Hall–Kier alpha value is -3.46. The number of rotatable bonds is 7. The number of sulfone groups is 1. The van der Waals surface area contributed by atoms with Crippen molar-refractivity contribution in [3.63, 3.8) is 0 Å². The normalized spacial score (nSPS) is 11.7. The second kappa shape index (κ2) is 9.65. The summed E-state index contributed by atoms with van der Waals surface area (Å²) >= 11 is 1.46. The van der Waals surface area contributed by atoms with Crippen molar-refractivity contribution in [3.05, 3.63) is 101 Å². The molecule has 0 bridgehead atoms. The Morgan fingerprint density at radius 2 is 1.54 bits per heavy atom. The first-order valence-electron chi connectivity index (χ1n) is 10.9. The maximum absolute atomic E-state index is 13.5. The van der Waals surface area contributed by atoms with Crippen LogP contribution in [0.3, 0.4) is 0 Å². The first-order chi connectivity index (χ1) is 16.9. The number of ether oxygens (including phenoxy) is 1. The van der Waals surface area contributed by atoms with Gasteiger partial charge in [0, 0.05) is 17.2 Å². The molecule has 0 saturated carbocycles. The Morgan fingerprint density at radius 3 is 2.29 bits per heavy atom. The average molecular weight is 505 g/mol. The molecule has 0 fully saturated rings. The van der Waals surface area contributed by atoms with Crippen LogP contribution >= 0.6 is 11.3 Å². The van der Waals surface area contributed by atoms with Crippen LogP contribution in [0.5, 0.6) is 0 Å². The molecule has 176 valence electrons. The third kappa shape index (κ3) is 5.30. The Kier molecular flexibility index (Phi) is 6.42. The summed E-state index contributed by atoms with van der Waals surface area (Å²) in [4.78, 5) is 10.5. The number of fused-ring (bicyclic) bond motifs is 1. The summed E-state index contributed by atoms with van der Waals surface area (Å²) in [6.45, 7) is 0.628. The highest BCUT2D eigenvalue weighted by Gasteiger charge is 2.16. The van der Waals surface area contributed by atoms with Gasteiger partial charge in [-0.3, -0.25) is 4.98 Å². The lowest BCUT2D eigenvalue weighted by atomic mass is 10.1. The summed E-state index contributed by atoms with van der Waals surface area (Å²) in [5.74, 6) is -0.325. The van der Waals surface area contributed by atoms with Crippen molar-refractivity contribution in [2.24, 2.45) is 0 Å². The first-order valence-corrected chi connectivity index (χ1v) is 13.6. The number of nitrogens with zero attached hydrogens (tertiary/aromatic N) is 2. The minimum absolute atomic E-state index is 0.250. The molecule has 8 heteroatoms. The number of hydrogen-bond acceptors (Lipinski definition) is 6. The SMILES string of the molecule is CS(=O)(=O)c1ccc(-c2sc(COCc3ccc4ccccc4n3)nc2-c2ccc(F)cc2)cc1. The van der Waals surface area contributed by atoms with E-state index in [1.165, 1.54) is 29.7 Å². The van der Waals surface area contributed by atoms with Gasteiger partial charge in [0.1, 0.15) is 10.8 Å². The highest BCUT2D eigenvalue weighted by atomic mass is 32.2. The molecule has 0 aliphatic heterocycles. The first kappa shape index (κ1) is 23.3. The van der Waals surface area contributed by atoms with E-state index in [9.17, 15) is 12.8 Å². The van der Waals surface area contributed by atoms with E-state index in [0.717, 1.165) is 37.6 Å². The van der Waals surface area contributed by atoms with Gasteiger partial charge >= 0.3 is 0 Å². The zero-order chi connectivity index (χ0) is 24.4. The van der Waals surface area contributed by atoms with Gasteiger partial charge in [0.05, 0.1) is 39.9 Å². The molecule has 5 aromatic rings. The highest BCUT2D eigenvalue weighted by Crippen LogP contribution is 2.37. The summed E-state index contributed by atoms with van der Waals surface area (Å²) in [7, 11) is -3.30. The molecule has 0 spiro atoms. The van der Waals surface area contributed by atoms with E-state index in [1.54, 1.807) is 36.4 Å². The van der Waals surface area contributed by atoms with Gasteiger partial charge in [0.25, 0.3) is 0 Å². The number of pyridine rings is 1. The largest absolute Gasteiger partial charge is 0.368 e. The molecule has 3 aromatic carbocycles. The zero-order valence-corrected chi connectivity index (χ0v) is 20.4. The van der Waals surface area contributed by atoms with Gasteiger partial charge in [-0.15, -0.1) is 11.3 Å². The van der Waals surface area contributed by atoms with Crippen LogP contribution in [0, 0.1) is 5.82 Å². The fourth-order valence-corrected chi connectivity index (χ4v) is 5.37. The third-order valence-electron chi connectivity index (χ3n) is 5.47. The Balaban J connectivity index is 1.41. The third-order valence-corrected chi connectivity index (χ3v) is 7.67. The molecule has 0 radical (unpaired) electrons. The van der Waals surface area contributed by atoms with Crippen LogP contribution in [0.15, 0.2) is 89.8 Å². The summed E-state index contributed by atoms with van der Waals surface area (Å²) in [5, 5.41) is 1.83. The second-order valence-electron chi connectivity index (χ2n) is 8.08. The van der Waals surface area contributed by atoms with Gasteiger partial charge in [-0.25, -0.2) is 17.8 Å². The molecule has 35 heavy (non-hydrogen) atoms. The number of halogens is 1. The number of benzene rings is 3. The molecule has 0 N–H and O–H groups in total. The van der Waals surface area contributed by atoms with E-state index in [-0.39, 0.29) is 17.3 Å². The van der Waals surface area contributed by atoms with Crippen molar-refractivity contribution in [2.75, 3.05) is 6.26 Å². The maximum Gasteiger partial charge on any atom is 0.175 e. The standard InChI is InChI=1S/C27H21FN2O3S2/c1-35(31,32)23-14-9-20(10-15-23)27-26(19-6-11-21(28)12-7-19)30-25(34-27)17-33-16-22-13-8-18-4-2-3-5-24(18)29-22/h2-15H,16-17H2,1H3. The van der Waals surface area contributed by atoms with Crippen molar-refractivity contribution in [1.82, 2.24) is 9.97 Å². The second-order valence-corrected chi connectivity index (χ2v) is 11.2. The molecule has 0 saturated heterocycles. The molecule has 0 atom stereocenters. The van der Waals surface area contributed by atoms with Crippen LogP contribution in [0.2, 0.25) is 0 Å². The Morgan fingerprint density at radius 1 is 0.829 bits per heavy atom. The molecule has 0 aliphatic rings. The van der Waals surface area contributed by atoms with E-state index in [1.807, 2.05) is 36.4 Å². The topological polar surface area (TPSA) is 69.2 Å². The lowest BCUT2D eigenvalue weighted by Crippen LogP contribution is -1.96. The van der Waals surface area contributed by atoms with E-state index in [0.29, 0.717) is 12.3 Å². The molecule has 5 rings (SSSR count). The number of aromatic nitrogens is 2. The van der Waals surface area contributed by atoms with Gasteiger partial charge in [0.15, 0.2) is 9.84 Å². The van der Waals surface area contributed by atoms with Gasteiger partial charge in [0.2, 0.25) is 0 Å². The van der Waals surface area contributed by atoms with Crippen molar-refractivity contribution >= 4 is 32.1 Å². The summed E-state index contributed by atoms with van der Waals surface area (Å²) in [5.41, 5.74) is 4.05. The molecule has 0 aliphatic carbocycles. The van der Waals surface area contributed by atoms with Crippen LogP contribution in [0.1, 0.15) is 10.7 Å². The van der Waals surface area contributed by atoms with Crippen LogP contribution in [-0.4, -0.2) is 24.6 Å². The van der Waals surface area contributed by atoms with E-state index >= 15 is 0 Å². The molecular weight excluding hydrogens is 483 g/mol. The molecular formula is C27H21FN2O3S2. The lowest BCUT2D eigenvalue weighted by Gasteiger charge is -2.04. The van der Waals surface area contributed by atoms with Gasteiger partial charge < -0.3 is 4.74 Å². The van der Waals surface area contributed by atoms with Crippen molar-refractivity contribution in [3.8, 4) is 21.7 Å². The van der Waals surface area contributed by atoms with E-state index < -0.39 is 9.84 Å².